The number of fused-ring (bicyclic) bond motifs is 1. The zero-order valence-corrected chi connectivity index (χ0v) is 16.2. The third-order valence-corrected chi connectivity index (χ3v) is 5.86. The second-order valence-electron chi connectivity index (χ2n) is 6.43. The van der Waals surface area contributed by atoms with Crippen molar-refractivity contribution in [1.29, 1.82) is 0 Å². The fraction of sp³-hybridized carbons (Fsp3) is 0.333. The standard InChI is InChI=1S/C18H19N5O5S/c1-27-18(26)9-4-2-3-5-11(9)29-6-10-13(24)14(25)17(28-10)23-8-22-12-15(19)20-7-21-16(12)23/h2-5,7-8,10,13-14,17,24-25H,6H2,1H3,(H2,19,20,21)/t10-,13-,14-,17-/m1/s1. The quantitative estimate of drug-likeness (QED) is 0.398. The van der Waals surface area contributed by atoms with E-state index in [1.54, 1.807) is 24.3 Å². The number of aromatic nitrogens is 4. The molecule has 3 heterocycles. The van der Waals surface area contributed by atoms with Crippen LogP contribution in [0.2, 0.25) is 0 Å². The van der Waals surface area contributed by atoms with Gasteiger partial charge in [0, 0.05) is 10.6 Å². The number of nitrogens with two attached hydrogens (primary N) is 1. The number of esters is 1. The number of aliphatic hydroxyl groups is 2. The molecule has 3 aromatic rings. The molecule has 1 aromatic carbocycles. The third kappa shape index (κ3) is 3.53. The Morgan fingerprint density at radius 3 is 2.86 bits per heavy atom. The van der Waals surface area contributed by atoms with Crippen molar-refractivity contribution in [2.75, 3.05) is 18.6 Å². The molecule has 4 N–H and O–H groups in total. The van der Waals surface area contributed by atoms with Gasteiger partial charge in [0.2, 0.25) is 0 Å². The van der Waals surface area contributed by atoms with Crippen molar-refractivity contribution in [1.82, 2.24) is 19.5 Å². The Kier molecular flexibility index (Phi) is 5.37. The van der Waals surface area contributed by atoms with Crippen LogP contribution < -0.4 is 5.73 Å². The van der Waals surface area contributed by atoms with Crippen LogP contribution in [0.3, 0.4) is 0 Å². The predicted molar refractivity (Wildman–Crippen MR) is 104 cm³/mol. The largest absolute Gasteiger partial charge is 0.465 e. The summed E-state index contributed by atoms with van der Waals surface area (Å²) in [5.74, 6) is 0.0846. The highest BCUT2D eigenvalue weighted by Gasteiger charge is 2.44. The first-order valence-electron chi connectivity index (χ1n) is 8.76. The number of thioether (sulfide) groups is 1. The molecule has 0 amide bonds. The number of nitrogens with zero attached hydrogens (tertiary/aromatic N) is 4. The van der Waals surface area contributed by atoms with Crippen molar-refractivity contribution in [3.63, 3.8) is 0 Å². The number of imidazole rings is 1. The van der Waals surface area contributed by atoms with Gasteiger partial charge in [-0.2, -0.15) is 0 Å². The van der Waals surface area contributed by atoms with Crippen LogP contribution in [0.4, 0.5) is 5.82 Å². The van der Waals surface area contributed by atoms with Gasteiger partial charge in [-0.15, -0.1) is 11.8 Å². The SMILES string of the molecule is COC(=O)c1ccccc1SC[C@H]1O[C@@H](n2cnc3c(N)ncnc32)[C@H](O)[C@@H]1O. The predicted octanol–water partition coefficient (Wildman–Crippen LogP) is 0.607. The van der Waals surface area contributed by atoms with Crippen molar-refractivity contribution < 1.29 is 24.5 Å². The first kappa shape index (κ1) is 19.6. The normalized spacial score (nSPS) is 24.1. The molecule has 0 spiro atoms. The lowest BCUT2D eigenvalue weighted by molar-refractivity contribution is -0.0289. The van der Waals surface area contributed by atoms with Crippen LogP contribution >= 0.6 is 11.8 Å². The van der Waals surface area contributed by atoms with E-state index in [0.29, 0.717) is 27.4 Å². The number of carbonyl (C=O) groups excluding carboxylic acids is 1. The van der Waals surface area contributed by atoms with E-state index >= 15 is 0 Å². The molecule has 4 rings (SSSR count). The van der Waals surface area contributed by atoms with Gasteiger partial charge in [-0.05, 0) is 12.1 Å². The molecule has 11 heteroatoms. The lowest BCUT2D eigenvalue weighted by atomic mass is 10.1. The Hall–Kier alpha value is -2.73. The number of rotatable bonds is 5. The summed E-state index contributed by atoms with van der Waals surface area (Å²) in [7, 11) is 1.32. The smallest absolute Gasteiger partial charge is 0.338 e. The number of aliphatic hydroxyl groups excluding tert-OH is 2. The van der Waals surface area contributed by atoms with Crippen LogP contribution in [-0.2, 0) is 9.47 Å². The molecular weight excluding hydrogens is 398 g/mol. The third-order valence-electron chi connectivity index (χ3n) is 4.69. The molecule has 10 nitrogen and oxygen atoms in total. The summed E-state index contributed by atoms with van der Waals surface area (Å²) < 4.78 is 12.2. The molecule has 1 saturated heterocycles. The Morgan fingerprint density at radius 2 is 2.07 bits per heavy atom. The van der Waals surface area contributed by atoms with Crippen LogP contribution in [0.25, 0.3) is 11.2 Å². The van der Waals surface area contributed by atoms with Crippen molar-refractivity contribution >= 4 is 34.7 Å². The molecular formula is C18H19N5O5S. The topological polar surface area (TPSA) is 146 Å². The molecule has 0 radical (unpaired) electrons. The van der Waals surface area contributed by atoms with Crippen LogP contribution in [0, 0.1) is 0 Å². The average Bonchev–Trinajstić information content (AvgIpc) is 3.29. The lowest BCUT2D eigenvalue weighted by Crippen LogP contribution is -2.32. The van der Waals surface area contributed by atoms with Gasteiger partial charge in [-0.3, -0.25) is 4.57 Å². The van der Waals surface area contributed by atoms with Crippen LogP contribution in [0.5, 0.6) is 0 Å². The van der Waals surface area contributed by atoms with Gasteiger partial charge in [0.15, 0.2) is 17.7 Å². The first-order chi connectivity index (χ1) is 14.0. The number of ether oxygens (including phenoxy) is 2. The van der Waals surface area contributed by atoms with Crippen molar-refractivity contribution in [2.45, 2.75) is 29.4 Å². The zero-order chi connectivity index (χ0) is 20.5. The second-order valence-corrected chi connectivity index (χ2v) is 7.49. The summed E-state index contributed by atoms with van der Waals surface area (Å²) in [6, 6.07) is 7.00. The fourth-order valence-electron chi connectivity index (χ4n) is 3.20. The molecule has 4 atom stereocenters. The number of hydrogen-bond donors (Lipinski definition) is 3. The number of hydrogen-bond acceptors (Lipinski definition) is 10. The monoisotopic (exact) mass is 417 g/mol. The Morgan fingerprint density at radius 1 is 1.28 bits per heavy atom. The molecule has 1 aliphatic rings. The van der Waals surface area contributed by atoms with Crippen molar-refractivity contribution in [3.05, 3.63) is 42.5 Å². The maximum atomic E-state index is 11.9. The minimum Gasteiger partial charge on any atom is -0.465 e. The molecule has 29 heavy (non-hydrogen) atoms. The van der Waals surface area contributed by atoms with E-state index in [1.165, 1.54) is 36.1 Å². The summed E-state index contributed by atoms with van der Waals surface area (Å²) in [5.41, 5.74) is 7.02. The summed E-state index contributed by atoms with van der Waals surface area (Å²) in [6.07, 6.45) is -1.14. The van der Waals surface area contributed by atoms with E-state index in [-0.39, 0.29) is 5.82 Å². The summed E-state index contributed by atoms with van der Waals surface area (Å²) >= 11 is 1.33. The Labute approximate surface area is 169 Å². The minimum absolute atomic E-state index is 0.216. The van der Waals surface area contributed by atoms with Gasteiger partial charge < -0.3 is 25.4 Å². The van der Waals surface area contributed by atoms with E-state index in [2.05, 4.69) is 15.0 Å². The van der Waals surface area contributed by atoms with Crippen molar-refractivity contribution in [3.8, 4) is 0 Å². The molecule has 0 aliphatic carbocycles. The molecule has 0 bridgehead atoms. The first-order valence-corrected chi connectivity index (χ1v) is 9.74. The fourth-order valence-corrected chi connectivity index (χ4v) is 4.30. The molecule has 2 aromatic heterocycles. The maximum Gasteiger partial charge on any atom is 0.338 e. The highest BCUT2D eigenvalue weighted by atomic mass is 32.2. The van der Waals surface area contributed by atoms with Gasteiger partial charge in [-0.1, -0.05) is 12.1 Å². The number of benzene rings is 1. The number of nitrogen functional groups attached to an aromatic ring is 1. The maximum absolute atomic E-state index is 11.9. The average molecular weight is 417 g/mol. The lowest BCUT2D eigenvalue weighted by Gasteiger charge is -2.16. The minimum atomic E-state index is -1.19. The van der Waals surface area contributed by atoms with Crippen LogP contribution in [0.15, 0.2) is 41.8 Å². The van der Waals surface area contributed by atoms with E-state index in [4.69, 9.17) is 15.2 Å². The highest BCUT2D eigenvalue weighted by Crippen LogP contribution is 2.35. The molecule has 0 unspecified atom stereocenters. The van der Waals surface area contributed by atoms with Crippen LogP contribution in [0.1, 0.15) is 16.6 Å². The molecule has 152 valence electrons. The van der Waals surface area contributed by atoms with Gasteiger partial charge in [0.1, 0.15) is 24.1 Å². The van der Waals surface area contributed by atoms with Gasteiger partial charge in [0.25, 0.3) is 0 Å². The van der Waals surface area contributed by atoms with Crippen molar-refractivity contribution in [2.24, 2.45) is 0 Å². The number of methoxy groups -OCH3 is 1. The Balaban J connectivity index is 1.53. The van der Waals surface area contributed by atoms with Gasteiger partial charge in [0.05, 0.1) is 25.1 Å². The molecule has 1 fully saturated rings. The molecule has 0 saturated carbocycles. The number of anilines is 1. The number of carbonyl (C=O) groups is 1. The zero-order valence-electron chi connectivity index (χ0n) is 15.4. The van der Waals surface area contributed by atoms with Gasteiger partial charge >= 0.3 is 5.97 Å². The summed E-state index contributed by atoms with van der Waals surface area (Å²) in [4.78, 5) is 24.8. The second kappa shape index (κ2) is 7.95. The Bertz CT molecular complexity index is 1040. The summed E-state index contributed by atoms with van der Waals surface area (Å²) in [5, 5.41) is 21.0. The van der Waals surface area contributed by atoms with E-state index < -0.39 is 30.5 Å². The van der Waals surface area contributed by atoms with Gasteiger partial charge in [-0.25, -0.2) is 19.7 Å². The van der Waals surface area contributed by atoms with Crippen LogP contribution in [-0.4, -0.2) is 66.9 Å². The summed E-state index contributed by atoms with van der Waals surface area (Å²) in [6.45, 7) is 0. The van der Waals surface area contributed by atoms with E-state index in [9.17, 15) is 15.0 Å². The van der Waals surface area contributed by atoms with E-state index in [1.807, 2.05) is 0 Å². The van der Waals surface area contributed by atoms with E-state index in [0.717, 1.165) is 0 Å². The highest BCUT2D eigenvalue weighted by molar-refractivity contribution is 7.99. The molecule has 1 aliphatic heterocycles.